The minimum Gasteiger partial charge on any atom is -0.296 e. The molecule has 0 N–H and O–H groups in total. The van der Waals surface area contributed by atoms with Crippen LogP contribution >= 0.6 is 16.1 Å². The number of rotatable bonds is 0. The summed E-state index contributed by atoms with van der Waals surface area (Å²) in [5.41, 5.74) is 3.18. The second-order valence-electron chi connectivity index (χ2n) is 6.29. The lowest BCUT2D eigenvalue weighted by molar-refractivity contribution is 0.0282. The first-order chi connectivity index (χ1) is 9.33. The number of hydrogen-bond acceptors (Lipinski definition) is 2. The van der Waals surface area contributed by atoms with Crippen LogP contribution in [-0.4, -0.2) is 34.5 Å². The quantitative estimate of drug-likeness (QED) is 0.676. The van der Waals surface area contributed by atoms with Crippen LogP contribution < -0.4 is 0 Å². The highest BCUT2D eigenvalue weighted by atomic mass is 79.9. The summed E-state index contributed by atoms with van der Waals surface area (Å²) in [6, 6.07) is 10.5. The average molecular weight is 321 g/mol. The van der Waals surface area contributed by atoms with Crippen molar-refractivity contribution in [2.75, 3.05) is 19.6 Å². The molecule has 3 aliphatic rings. The van der Waals surface area contributed by atoms with E-state index in [0.717, 1.165) is 12.0 Å². The molecule has 2 nitrogen and oxygen atoms in total. The van der Waals surface area contributed by atoms with Gasteiger partial charge in [-0.3, -0.25) is 4.90 Å². The van der Waals surface area contributed by atoms with Gasteiger partial charge in [-0.15, -0.1) is 0 Å². The summed E-state index contributed by atoms with van der Waals surface area (Å²) in [7, 11) is 0. The fraction of sp³-hybridized carbons (Fsp3) is 0.625. The van der Waals surface area contributed by atoms with Gasteiger partial charge in [-0.25, -0.2) is 3.93 Å². The molecule has 19 heavy (non-hydrogen) atoms. The number of nitrogens with zero attached hydrogens (tertiary/aromatic N) is 2. The maximum atomic E-state index is 3.80. The average Bonchev–Trinajstić information content (AvgIpc) is 2.46. The van der Waals surface area contributed by atoms with Gasteiger partial charge in [0, 0.05) is 47.9 Å². The Morgan fingerprint density at radius 1 is 1.16 bits per heavy atom. The van der Waals surface area contributed by atoms with Crippen LogP contribution in [-0.2, 0) is 6.42 Å². The Labute approximate surface area is 124 Å². The zero-order chi connectivity index (χ0) is 12.8. The van der Waals surface area contributed by atoms with Gasteiger partial charge in [-0.1, -0.05) is 24.3 Å². The first kappa shape index (κ1) is 12.4. The van der Waals surface area contributed by atoms with E-state index in [1.807, 2.05) is 0 Å². The van der Waals surface area contributed by atoms with E-state index in [9.17, 15) is 0 Å². The van der Waals surface area contributed by atoms with Crippen LogP contribution in [0.25, 0.3) is 0 Å². The van der Waals surface area contributed by atoms with E-state index in [-0.39, 0.29) is 0 Å². The molecule has 0 amide bonds. The second-order valence-corrected chi connectivity index (χ2v) is 7.20. The number of hydrogen-bond donors (Lipinski definition) is 0. The van der Waals surface area contributed by atoms with E-state index >= 15 is 0 Å². The fourth-order valence-electron chi connectivity index (χ4n) is 4.34. The van der Waals surface area contributed by atoms with E-state index in [0.29, 0.717) is 6.04 Å². The third-order valence-electron chi connectivity index (χ3n) is 5.31. The van der Waals surface area contributed by atoms with Crippen LogP contribution in [0.3, 0.4) is 0 Å². The smallest absolute Gasteiger partial charge is 0.0366 e. The van der Waals surface area contributed by atoms with Gasteiger partial charge in [0.25, 0.3) is 0 Å². The van der Waals surface area contributed by atoms with Crippen molar-refractivity contribution in [3.63, 3.8) is 0 Å². The molecule has 0 aliphatic carbocycles. The zero-order valence-corrected chi connectivity index (χ0v) is 12.8. The Bertz CT molecular complexity index is 476. The van der Waals surface area contributed by atoms with Gasteiger partial charge in [-0.2, -0.15) is 0 Å². The number of piperidine rings is 2. The normalized spacial score (nSPS) is 35.3. The highest BCUT2D eigenvalue weighted by Gasteiger charge is 2.41. The van der Waals surface area contributed by atoms with Gasteiger partial charge >= 0.3 is 0 Å². The largest absolute Gasteiger partial charge is 0.296 e. The summed E-state index contributed by atoms with van der Waals surface area (Å²) in [5.74, 6) is 0.870. The first-order valence-corrected chi connectivity index (χ1v) is 8.28. The van der Waals surface area contributed by atoms with Crippen molar-refractivity contribution < 1.29 is 0 Å². The number of benzene rings is 1. The molecule has 2 fully saturated rings. The third-order valence-corrected chi connectivity index (χ3v) is 6.19. The lowest BCUT2D eigenvalue weighted by Gasteiger charge is -2.50. The minimum absolute atomic E-state index is 0.657. The van der Waals surface area contributed by atoms with Crippen LogP contribution in [0.1, 0.15) is 36.4 Å². The summed E-state index contributed by atoms with van der Waals surface area (Å²) in [6.45, 7) is 3.77. The summed E-state index contributed by atoms with van der Waals surface area (Å²) < 4.78 is 2.44. The first-order valence-electron chi connectivity index (χ1n) is 7.57. The summed E-state index contributed by atoms with van der Waals surface area (Å²) in [4.78, 5) is 2.75. The van der Waals surface area contributed by atoms with Gasteiger partial charge in [0.15, 0.2) is 0 Å². The molecule has 3 unspecified atom stereocenters. The molecule has 3 heteroatoms. The molecule has 2 saturated heterocycles. The maximum absolute atomic E-state index is 3.80. The van der Waals surface area contributed by atoms with Crippen LogP contribution in [0.15, 0.2) is 24.3 Å². The molecule has 0 bridgehead atoms. The lowest BCUT2D eigenvalue weighted by atomic mass is 9.77. The van der Waals surface area contributed by atoms with E-state index < -0.39 is 0 Å². The van der Waals surface area contributed by atoms with Crippen molar-refractivity contribution in [3.8, 4) is 0 Å². The SMILES string of the molecule is BrN1CCCC2CN3CCc4ccccc4C3CC21. The Morgan fingerprint density at radius 2 is 2.05 bits per heavy atom. The predicted molar refractivity (Wildman–Crippen MR) is 81.2 cm³/mol. The molecule has 3 atom stereocenters. The summed E-state index contributed by atoms with van der Waals surface area (Å²) in [6.07, 6.45) is 5.30. The molecule has 3 heterocycles. The van der Waals surface area contributed by atoms with E-state index in [1.165, 1.54) is 45.3 Å². The monoisotopic (exact) mass is 320 g/mol. The van der Waals surface area contributed by atoms with Crippen LogP contribution in [0.2, 0.25) is 0 Å². The van der Waals surface area contributed by atoms with Crippen molar-refractivity contribution in [3.05, 3.63) is 35.4 Å². The van der Waals surface area contributed by atoms with Crippen molar-refractivity contribution in [2.45, 2.75) is 37.8 Å². The number of fused-ring (bicyclic) bond motifs is 4. The van der Waals surface area contributed by atoms with Crippen molar-refractivity contribution >= 4 is 16.1 Å². The van der Waals surface area contributed by atoms with Crippen molar-refractivity contribution in [1.82, 2.24) is 8.83 Å². The van der Waals surface area contributed by atoms with Crippen molar-refractivity contribution in [2.24, 2.45) is 5.92 Å². The van der Waals surface area contributed by atoms with Crippen molar-refractivity contribution in [1.29, 1.82) is 0 Å². The molecular formula is C16H21BrN2. The van der Waals surface area contributed by atoms with Gasteiger partial charge in [0.2, 0.25) is 0 Å². The van der Waals surface area contributed by atoms with E-state index in [2.05, 4.69) is 49.2 Å². The van der Waals surface area contributed by atoms with Crippen LogP contribution in [0.5, 0.6) is 0 Å². The maximum Gasteiger partial charge on any atom is 0.0366 e. The molecule has 102 valence electrons. The summed E-state index contributed by atoms with van der Waals surface area (Å²) in [5, 5.41) is 0. The topological polar surface area (TPSA) is 6.48 Å². The molecular weight excluding hydrogens is 300 g/mol. The van der Waals surface area contributed by atoms with Gasteiger partial charge in [-0.05, 0) is 42.7 Å². The highest BCUT2D eigenvalue weighted by Crippen LogP contribution is 2.43. The molecule has 0 radical (unpaired) electrons. The fourth-order valence-corrected chi connectivity index (χ4v) is 5.09. The Hall–Kier alpha value is -0.380. The van der Waals surface area contributed by atoms with E-state index in [1.54, 1.807) is 11.1 Å². The molecule has 1 aromatic rings. The Kier molecular flexibility index (Phi) is 3.17. The van der Waals surface area contributed by atoms with Gasteiger partial charge in [0.05, 0.1) is 0 Å². The van der Waals surface area contributed by atoms with Gasteiger partial charge < -0.3 is 0 Å². The van der Waals surface area contributed by atoms with E-state index in [4.69, 9.17) is 0 Å². The molecule has 4 rings (SSSR count). The Morgan fingerprint density at radius 3 is 3.00 bits per heavy atom. The van der Waals surface area contributed by atoms with Gasteiger partial charge in [0.1, 0.15) is 0 Å². The second kappa shape index (κ2) is 4.87. The molecule has 3 aliphatic heterocycles. The Balaban J connectivity index is 1.65. The minimum atomic E-state index is 0.657. The molecule has 0 spiro atoms. The predicted octanol–water partition coefficient (Wildman–Crippen LogP) is 3.38. The standard InChI is InChI=1S/C16H21BrN2/c17-19-8-3-5-13-11-18-9-7-12-4-1-2-6-14(12)16(18)10-15(13)19/h1-2,4,6,13,15-16H,3,5,7-11H2. The summed E-state index contributed by atoms with van der Waals surface area (Å²) >= 11 is 3.80. The zero-order valence-electron chi connectivity index (χ0n) is 11.3. The highest BCUT2D eigenvalue weighted by molar-refractivity contribution is 9.07. The molecule has 0 saturated carbocycles. The number of halogens is 1. The van der Waals surface area contributed by atoms with Crippen LogP contribution in [0, 0.1) is 5.92 Å². The molecule has 1 aromatic carbocycles. The molecule has 0 aromatic heterocycles. The van der Waals surface area contributed by atoms with Crippen LogP contribution in [0.4, 0.5) is 0 Å². The third kappa shape index (κ3) is 2.07. The lowest BCUT2D eigenvalue weighted by Crippen LogP contribution is -2.53.